The van der Waals surface area contributed by atoms with Crippen LogP contribution in [0.5, 0.6) is 0 Å². The van der Waals surface area contributed by atoms with Crippen molar-refractivity contribution < 1.29 is 14.3 Å². The van der Waals surface area contributed by atoms with Crippen LogP contribution < -0.4 is 5.63 Å². The van der Waals surface area contributed by atoms with Gasteiger partial charge in [0.2, 0.25) is 0 Å². The highest BCUT2D eigenvalue weighted by atomic mass is 16.4. The maximum Gasteiger partial charge on any atom is 0.336 e. The summed E-state index contributed by atoms with van der Waals surface area (Å²) in [7, 11) is 0. The lowest BCUT2D eigenvalue weighted by Crippen LogP contribution is -2.06. The van der Waals surface area contributed by atoms with Crippen molar-refractivity contribution in [2.75, 3.05) is 0 Å². The molecule has 0 radical (unpaired) electrons. The van der Waals surface area contributed by atoms with Gasteiger partial charge < -0.3 is 9.52 Å². The topological polar surface area (TPSA) is 109 Å². The first-order chi connectivity index (χ1) is 9.63. The Hall–Kier alpha value is -2.96. The van der Waals surface area contributed by atoms with Crippen molar-refractivity contribution in [3.63, 3.8) is 0 Å². The van der Waals surface area contributed by atoms with E-state index in [-0.39, 0.29) is 6.42 Å². The van der Waals surface area contributed by atoms with Gasteiger partial charge in [-0.3, -0.25) is 4.79 Å². The molecule has 2 heterocycles. The number of carbonyl (C=O) groups is 1. The van der Waals surface area contributed by atoms with Gasteiger partial charge in [-0.25, -0.2) is 4.79 Å². The summed E-state index contributed by atoms with van der Waals surface area (Å²) in [5.74, 6) is -1.00. The molecule has 0 aliphatic rings. The van der Waals surface area contributed by atoms with Crippen LogP contribution in [0.1, 0.15) is 5.56 Å². The van der Waals surface area contributed by atoms with E-state index in [0.29, 0.717) is 22.2 Å². The van der Waals surface area contributed by atoms with Gasteiger partial charge >= 0.3 is 11.6 Å². The van der Waals surface area contributed by atoms with Crippen LogP contribution in [0.4, 0.5) is 0 Å². The van der Waals surface area contributed by atoms with Crippen LogP contribution in [0.3, 0.4) is 0 Å². The second kappa shape index (κ2) is 4.61. The number of benzene rings is 1. The summed E-state index contributed by atoms with van der Waals surface area (Å²) >= 11 is 0. The van der Waals surface area contributed by atoms with E-state index in [0.717, 1.165) is 5.56 Å². The Morgan fingerprint density at radius 3 is 2.90 bits per heavy atom. The predicted octanol–water partition coefficient (Wildman–Crippen LogP) is 1.21. The van der Waals surface area contributed by atoms with Crippen molar-refractivity contribution in [1.29, 1.82) is 0 Å². The summed E-state index contributed by atoms with van der Waals surface area (Å²) in [6.07, 6.45) is 1.31. The average Bonchev–Trinajstić information content (AvgIpc) is 2.90. The third kappa shape index (κ3) is 2.16. The molecule has 0 atom stereocenters. The Morgan fingerprint density at radius 1 is 1.35 bits per heavy atom. The molecule has 7 nitrogen and oxygen atoms in total. The SMILES string of the molecule is O=C(O)Cc1cc(=O)oc2cc(-c3cn[nH]n3)ccc12. The van der Waals surface area contributed by atoms with E-state index in [4.69, 9.17) is 9.52 Å². The van der Waals surface area contributed by atoms with E-state index >= 15 is 0 Å². The highest BCUT2D eigenvalue weighted by Gasteiger charge is 2.11. The highest BCUT2D eigenvalue weighted by molar-refractivity contribution is 5.87. The summed E-state index contributed by atoms with van der Waals surface area (Å²) in [4.78, 5) is 22.3. The molecule has 0 aliphatic carbocycles. The van der Waals surface area contributed by atoms with Crippen LogP contribution in [-0.4, -0.2) is 26.5 Å². The second-order valence-corrected chi connectivity index (χ2v) is 4.23. The van der Waals surface area contributed by atoms with Gasteiger partial charge in [0.15, 0.2) is 0 Å². The Balaban J connectivity index is 2.20. The monoisotopic (exact) mass is 271 g/mol. The van der Waals surface area contributed by atoms with Gasteiger partial charge in [-0.15, -0.1) is 0 Å². The van der Waals surface area contributed by atoms with Crippen LogP contribution in [-0.2, 0) is 11.2 Å². The number of nitrogens with one attached hydrogen (secondary N) is 1. The third-order valence-corrected chi connectivity index (χ3v) is 2.88. The minimum Gasteiger partial charge on any atom is -0.481 e. The fourth-order valence-electron chi connectivity index (χ4n) is 2.04. The van der Waals surface area contributed by atoms with Crippen LogP contribution in [0.25, 0.3) is 22.2 Å². The van der Waals surface area contributed by atoms with Crippen molar-refractivity contribution >= 4 is 16.9 Å². The van der Waals surface area contributed by atoms with E-state index in [1.807, 2.05) is 0 Å². The lowest BCUT2D eigenvalue weighted by Gasteiger charge is -2.04. The molecule has 7 heteroatoms. The molecule has 0 aliphatic heterocycles. The maximum absolute atomic E-state index is 11.5. The first-order valence-electron chi connectivity index (χ1n) is 5.78. The van der Waals surface area contributed by atoms with Crippen LogP contribution >= 0.6 is 0 Å². The Morgan fingerprint density at radius 2 is 2.20 bits per heavy atom. The minimum atomic E-state index is -1.00. The van der Waals surface area contributed by atoms with E-state index < -0.39 is 11.6 Å². The predicted molar refractivity (Wildman–Crippen MR) is 69.2 cm³/mol. The number of carboxylic acid groups (broad SMARTS) is 1. The standard InChI is InChI=1S/C13H9N3O4/c17-12(18)4-8-5-13(19)20-11-3-7(1-2-9(8)11)10-6-14-16-15-10/h1-3,5-6H,4H2,(H,17,18)(H,14,15,16). The van der Waals surface area contributed by atoms with Crippen LogP contribution in [0.2, 0.25) is 0 Å². The normalized spacial score (nSPS) is 10.8. The zero-order chi connectivity index (χ0) is 14.1. The summed E-state index contributed by atoms with van der Waals surface area (Å²) in [5, 5.41) is 19.6. The molecule has 0 saturated carbocycles. The molecule has 3 aromatic rings. The number of aromatic nitrogens is 3. The smallest absolute Gasteiger partial charge is 0.336 e. The molecule has 0 bridgehead atoms. The second-order valence-electron chi connectivity index (χ2n) is 4.23. The largest absolute Gasteiger partial charge is 0.481 e. The lowest BCUT2D eigenvalue weighted by molar-refractivity contribution is -0.136. The number of rotatable bonds is 3. The van der Waals surface area contributed by atoms with Gasteiger partial charge in [0.05, 0.1) is 12.6 Å². The summed E-state index contributed by atoms with van der Waals surface area (Å²) in [5.41, 5.74) is 1.51. The number of carboxylic acids is 1. The van der Waals surface area contributed by atoms with Crippen molar-refractivity contribution in [3.8, 4) is 11.3 Å². The zero-order valence-corrected chi connectivity index (χ0v) is 10.2. The lowest BCUT2D eigenvalue weighted by atomic mass is 10.0. The molecule has 2 N–H and O–H groups in total. The van der Waals surface area contributed by atoms with Gasteiger partial charge in [-0.2, -0.15) is 15.4 Å². The van der Waals surface area contributed by atoms with Crippen molar-refractivity contribution in [3.05, 3.63) is 46.4 Å². The molecule has 0 fully saturated rings. The highest BCUT2D eigenvalue weighted by Crippen LogP contribution is 2.24. The van der Waals surface area contributed by atoms with Crippen LogP contribution in [0.15, 0.2) is 39.7 Å². The Labute approximate surface area is 111 Å². The van der Waals surface area contributed by atoms with Gasteiger partial charge in [-0.1, -0.05) is 12.1 Å². The molecule has 0 unspecified atom stereocenters. The Bertz CT molecular complexity index is 836. The minimum absolute atomic E-state index is 0.231. The van der Waals surface area contributed by atoms with Gasteiger partial charge in [0, 0.05) is 17.0 Å². The molecule has 0 spiro atoms. The quantitative estimate of drug-likeness (QED) is 0.693. The molecular weight excluding hydrogens is 262 g/mol. The average molecular weight is 271 g/mol. The molecule has 100 valence electrons. The fraction of sp³-hybridized carbons (Fsp3) is 0.0769. The van der Waals surface area contributed by atoms with Gasteiger partial charge in [-0.05, 0) is 11.6 Å². The molecule has 0 saturated heterocycles. The first kappa shape index (κ1) is 12.1. The van der Waals surface area contributed by atoms with E-state index in [1.54, 1.807) is 24.4 Å². The molecule has 2 aromatic heterocycles. The first-order valence-corrected chi connectivity index (χ1v) is 5.78. The molecule has 3 rings (SSSR count). The summed E-state index contributed by atoms with van der Waals surface area (Å²) in [6.45, 7) is 0. The van der Waals surface area contributed by atoms with Crippen molar-refractivity contribution in [1.82, 2.24) is 15.4 Å². The number of fused-ring (bicyclic) bond motifs is 1. The van der Waals surface area contributed by atoms with E-state index in [1.165, 1.54) is 6.07 Å². The van der Waals surface area contributed by atoms with Crippen LogP contribution in [0, 0.1) is 0 Å². The molecule has 20 heavy (non-hydrogen) atoms. The zero-order valence-electron chi connectivity index (χ0n) is 10.2. The number of hydrogen-bond acceptors (Lipinski definition) is 5. The number of aliphatic carboxylic acids is 1. The fourth-order valence-corrected chi connectivity index (χ4v) is 2.04. The molecular formula is C13H9N3O4. The van der Waals surface area contributed by atoms with Crippen molar-refractivity contribution in [2.24, 2.45) is 0 Å². The third-order valence-electron chi connectivity index (χ3n) is 2.88. The number of H-pyrrole nitrogens is 1. The molecule has 0 amide bonds. The summed E-state index contributed by atoms with van der Waals surface area (Å²) < 4.78 is 5.12. The van der Waals surface area contributed by atoms with Gasteiger partial charge in [0.25, 0.3) is 0 Å². The maximum atomic E-state index is 11.5. The number of nitrogens with zero attached hydrogens (tertiary/aromatic N) is 2. The van der Waals surface area contributed by atoms with Crippen molar-refractivity contribution in [2.45, 2.75) is 6.42 Å². The number of hydrogen-bond donors (Lipinski definition) is 2. The van der Waals surface area contributed by atoms with Gasteiger partial charge in [0.1, 0.15) is 11.3 Å². The summed E-state index contributed by atoms with van der Waals surface area (Å²) in [6, 6.07) is 6.32. The number of aromatic amines is 1. The van der Waals surface area contributed by atoms with E-state index in [2.05, 4.69) is 15.4 Å². The molecule has 1 aromatic carbocycles. The Kier molecular flexibility index (Phi) is 2.79. The van der Waals surface area contributed by atoms with E-state index in [9.17, 15) is 9.59 Å².